The van der Waals surface area contributed by atoms with Gasteiger partial charge in [-0.25, -0.2) is 0 Å². The van der Waals surface area contributed by atoms with Crippen molar-refractivity contribution >= 4 is 11.8 Å². The zero-order valence-corrected chi connectivity index (χ0v) is 13.8. The van der Waals surface area contributed by atoms with Crippen LogP contribution in [-0.4, -0.2) is 42.4 Å². The molecule has 0 aliphatic rings. The van der Waals surface area contributed by atoms with Crippen molar-refractivity contribution in [2.24, 2.45) is 5.73 Å². The Morgan fingerprint density at radius 1 is 1.18 bits per heavy atom. The summed E-state index contributed by atoms with van der Waals surface area (Å²) < 4.78 is 0. The van der Waals surface area contributed by atoms with Crippen LogP contribution in [-0.2, 0) is 0 Å². The zero-order valence-electron chi connectivity index (χ0n) is 13.8. The predicted octanol–water partition coefficient (Wildman–Crippen LogP) is 2.03. The number of nitrogens with two attached hydrogens (primary N) is 1. The SMILES string of the molecule is CCCN(CCC)C(=O)c1cccc(C(=O)N[C@@H](C)CN)c1. The molecule has 0 aliphatic heterocycles. The highest BCUT2D eigenvalue weighted by atomic mass is 16.2. The lowest BCUT2D eigenvalue weighted by atomic mass is 10.1. The molecule has 0 bridgehead atoms. The average Bonchev–Trinajstić information content (AvgIpc) is 2.53. The molecule has 0 heterocycles. The van der Waals surface area contributed by atoms with Crippen LogP contribution in [0.2, 0.25) is 0 Å². The summed E-state index contributed by atoms with van der Waals surface area (Å²) in [6, 6.07) is 6.76. The summed E-state index contributed by atoms with van der Waals surface area (Å²) in [6.45, 7) is 7.78. The number of amides is 2. The van der Waals surface area contributed by atoms with Crippen molar-refractivity contribution in [3.05, 3.63) is 35.4 Å². The van der Waals surface area contributed by atoms with Crippen molar-refractivity contribution in [2.75, 3.05) is 19.6 Å². The van der Waals surface area contributed by atoms with Crippen LogP contribution in [0.1, 0.15) is 54.3 Å². The summed E-state index contributed by atoms with van der Waals surface area (Å²) in [7, 11) is 0. The summed E-state index contributed by atoms with van der Waals surface area (Å²) in [4.78, 5) is 26.5. The first kappa shape index (κ1) is 18.2. The van der Waals surface area contributed by atoms with Gasteiger partial charge >= 0.3 is 0 Å². The third-order valence-corrected chi connectivity index (χ3v) is 3.38. The fourth-order valence-electron chi connectivity index (χ4n) is 2.20. The Morgan fingerprint density at radius 2 is 1.77 bits per heavy atom. The maximum Gasteiger partial charge on any atom is 0.253 e. The van der Waals surface area contributed by atoms with E-state index in [0.717, 1.165) is 25.9 Å². The number of rotatable bonds is 8. The lowest BCUT2D eigenvalue weighted by molar-refractivity contribution is 0.0755. The van der Waals surface area contributed by atoms with Crippen LogP contribution in [0.5, 0.6) is 0 Å². The van der Waals surface area contributed by atoms with Crippen molar-refractivity contribution in [3.8, 4) is 0 Å². The fourth-order valence-corrected chi connectivity index (χ4v) is 2.20. The lowest BCUT2D eigenvalue weighted by Gasteiger charge is -2.21. The second-order valence-electron chi connectivity index (χ2n) is 5.48. The molecule has 0 radical (unpaired) electrons. The van der Waals surface area contributed by atoms with Crippen molar-refractivity contribution in [1.82, 2.24) is 10.2 Å². The first-order valence-corrected chi connectivity index (χ1v) is 7.93. The van der Waals surface area contributed by atoms with Crippen molar-refractivity contribution in [2.45, 2.75) is 39.7 Å². The smallest absolute Gasteiger partial charge is 0.253 e. The lowest BCUT2D eigenvalue weighted by Crippen LogP contribution is -2.38. The molecule has 122 valence electrons. The molecule has 1 aromatic rings. The molecule has 0 aliphatic carbocycles. The maximum absolute atomic E-state index is 12.6. The topological polar surface area (TPSA) is 75.4 Å². The molecule has 1 aromatic carbocycles. The summed E-state index contributed by atoms with van der Waals surface area (Å²) in [6.07, 6.45) is 1.83. The quantitative estimate of drug-likeness (QED) is 0.771. The molecule has 22 heavy (non-hydrogen) atoms. The molecule has 0 saturated carbocycles. The summed E-state index contributed by atoms with van der Waals surface area (Å²) in [5.74, 6) is -0.227. The number of carbonyl (C=O) groups is 2. The molecule has 0 spiro atoms. The predicted molar refractivity (Wildman–Crippen MR) is 88.9 cm³/mol. The number of nitrogens with zero attached hydrogens (tertiary/aromatic N) is 1. The number of nitrogens with one attached hydrogen (secondary N) is 1. The third kappa shape index (κ3) is 5.15. The molecule has 0 fully saturated rings. The molecule has 5 nitrogen and oxygen atoms in total. The zero-order chi connectivity index (χ0) is 16.5. The van der Waals surface area contributed by atoms with E-state index in [0.29, 0.717) is 17.7 Å². The molecule has 1 atom stereocenters. The minimum atomic E-state index is -0.204. The Labute approximate surface area is 132 Å². The van der Waals surface area contributed by atoms with Gasteiger partial charge in [0.2, 0.25) is 0 Å². The van der Waals surface area contributed by atoms with E-state index >= 15 is 0 Å². The van der Waals surface area contributed by atoms with Gasteiger partial charge in [0.05, 0.1) is 0 Å². The molecular formula is C17H27N3O2. The van der Waals surface area contributed by atoms with Gasteiger partial charge in [0.1, 0.15) is 0 Å². The largest absolute Gasteiger partial charge is 0.348 e. The molecule has 0 aromatic heterocycles. The number of carbonyl (C=O) groups excluding carboxylic acids is 2. The van der Waals surface area contributed by atoms with E-state index in [-0.39, 0.29) is 17.9 Å². The monoisotopic (exact) mass is 305 g/mol. The van der Waals surface area contributed by atoms with Crippen LogP contribution < -0.4 is 11.1 Å². The normalized spacial score (nSPS) is 11.8. The van der Waals surface area contributed by atoms with Crippen LogP contribution in [0.3, 0.4) is 0 Å². The van der Waals surface area contributed by atoms with Crippen molar-refractivity contribution in [1.29, 1.82) is 0 Å². The first-order valence-electron chi connectivity index (χ1n) is 7.93. The van der Waals surface area contributed by atoms with Crippen LogP contribution in [0.4, 0.5) is 0 Å². The van der Waals surface area contributed by atoms with E-state index in [1.807, 2.05) is 25.7 Å². The number of hydrogen-bond acceptors (Lipinski definition) is 3. The van der Waals surface area contributed by atoms with Gasteiger partial charge in [-0.15, -0.1) is 0 Å². The van der Waals surface area contributed by atoms with Gasteiger partial charge < -0.3 is 16.0 Å². The fraction of sp³-hybridized carbons (Fsp3) is 0.529. The highest BCUT2D eigenvalue weighted by Crippen LogP contribution is 2.10. The molecular weight excluding hydrogens is 278 g/mol. The van der Waals surface area contributed by atoms with Gasteiger partial charge in [0.15, 0.2) is 0 Å². The van der Waals surface area contributed by atoms with E-state index in [1.54, 1.807) is 24.3 Å². The van der Waals surface area contributed by atoms with Gasteiger partial charge in [-0.05, 0) is 38.0 Å². The third-order valence-electron chi connectivity index (χ3n) is 3.38. The summed E-state index contributed by atoms with van der Waals surface area (Å²) >= 11 is 0. The van der Waals surface area contributed by atoms with E-state index in [1.165, 1.54) is 0 Å². The van der Waals surface area contributed by atoms with Gasteiger partial charge in [-0.1, -0.05) is 19.9 Å². The van der Waals surface area contributed by atoms with Crippen molar-refractivity contribution < 1.29 is 9.59 Å². The van der Waals surface area contributed by atoms with Crippen molar-refractivity contribution in [3.63, 3.8) is 0 Å². The van der Waals surface area contributed by atoms with Crippen LogP contribution >= 0.6 is 0 Å². The molecule has 0 saturated heterocycles. The highest BCUT2D eigenvalue weighted by molar-refractivity contribution is 5.99. The first-order chi connectivity index (χ1) is 10.5. The molecule has 3 N–H and O–H groups in total. The molecule has 1 rings (SSSR count). The van der Waals surface area contributed by atoms with Crippen LogP contribution in [0.15, 0.2) is 24.3 Å². The molecule has 0 unspecified atom stereocenters. The standard InChI is InChI=1S/C17H27N3O2/c1-4-9-20(10-5-2)17(22)15-8-6-7-14(11-15)16(21)19-13(3)12-18/h6-8,11,13H,4-5,9-10,12,18H2,1-3H3,(H,19,21)/t13-/m0/s1. The van der Waals surface area contributed by atoms with Gasteiger partial charge in [-0.3, -0.25) is 9.59 Å². The van der Waals surface area contributed by atoms with E-state index in [9.17, 15) is 9.59 Å². The number of hydrogen-bond donors (Lipinski definition) is 2. The Kier molecular flexibility index (Phi) is 7.60. The van der Waals surface area contributed by atoms with E-state index in [4.69, 9.17) is 5.73 Å². The summed E-state index contributed by atoms with van der Waals surface area (Å²) in [5, 5.41) is 2.80. The van der Waals surface area contributed by atoms with Gasteiger partial charge in [-0.2, -0.15) is 0 Å². The average molecular weight is 305 g/mol. The van der Waals surface area contributed by atoms with Gasteiger partial charge in [0, 0.05) is 36.8 Å². The minimum Gasteiger partial charge on any atom is -0.348 e. The van der Waals surface area contributed by atoms with Gasteiger partial charge in [0.25, 0.3) is 11.8 Å². The molecule has 2 amide bonds. The highest BCUT2D eigenvalue weighted by Gasteiger charge is 2.16. The maximum atomic E-state index is 12.6. The Morgan fingerprint density at radius 3 is 2.32 bits per heavy atom. The second-order valence-corrected chi connectivity index (χ2v) is 5.48. The van der Waals surface area contributed by atoms with E-state index < -0.39 is 0 Å². The Bertz CT molecular complexity index is 496. The number of benzene rings is 1. The molecule has 5 heteroatoms. The van der Waals surface area contributed by atoms with Crippen LogP contribution in [0.25, 0.3) is 0 Å². The minimum absolute atomic E-state index is 0.0229. The summed E-state index contributed by atoms with van der Waals surface area (Å²) in [5.41, 5.74) is 6.54. The van der Waals surface area contributed by atoms with Crippen LogP contribution in [0, 0.1) is 0 Å². The Hall–Kier alpha value is -1.88. The second kappa shape index (κ2) is 9.20. The Balaban J connectivity index is 2.90. The van der Waals surface area contributed by atoms with E-state index in [2.05, 4.69) is 5.32 Å².